The standard InChI is InChI=1S/C18H26N6O/c1-12(2)22-17-16-15(4-7-19-17)11-21-18(23-16)20-10-14-5-8-24(9-6-14)13(3)25/h4,7,11-12,14H,5-6,8-10H2,1-3H3,(H,19,22)(H,20,21,23). The van der Waals surface area contributed by atoms with Crippen LogP contribution >= 0.6 is 0 Å². The zero-order valence-corrected chi connectivity index (χ0v) is 15.1. The molecule has 7 heteroatoms. The van der Waals surface area contributed by atoms with Gasteiger partial charge in [-0.05, 0) is 38.7 Å². The summed E-state index contributed by atoms with van der Waals surface area (Å²) >= 11 is 0. The summed E-state index contributed by atoms with van der Waals surface area (Å²) < 4.78 is 0. The first-order valence-corrected chi connectivity index (χ1v) is 8.90. The molecule has 3 heterocycles. The number of hydrogen-bond acceptors (Lipinski definition) is 6. The summed E-state index contributed by atoms with van der Waals surface area (Å²) in [4.78, 5) is 26.8. The van der Waals surface area contributed by atoms with Gasteiger partial charge in [-0.3, -0.25) is 4.79 Å². The Bertz CT molecular complexity index is 739. The van der Waals surface area contributed by atoms with E-state index in [1.165, 1.54) is 0 Å². The lowest BCUT2D eigenvalue weighted by molar-refractivity contribution is -0.130. The Morgan fingerprint density at radius 2 is 2.08 bits per heavy atom. The van der Waals surface area contributed by atoms with Gasteiger partial charge >= 0.3 is 0 Å². The Morgan fingerprint density at radius 1 is 1.32 bits per heavy atom. The third-order valence-corrected chi connectivity index (χ3v) is 4.53. The van der Waals surface area contributed by atoms with E-state index in [9.17, 15) is 4.79 Å². The van der Waals surface area contributed by atoms with Crippen molar-refractivity contribution in [1.29, 1.82) is 0 Å². The molecule has 0 unspecified atom stereocenters. The van der Waals surface area contributed by atoms with Gasteiger partial charge in [-0.1, -0.05) is 0 Å². The number of carbonyl (C=O) groups is 1. The van der Waals surface area contributed by atoms with Crippen LogP contribution in [0.1, 0.15) is 33.6 Å². The van der Waals surface area contributed by atoms with Crippen molar-refractivity contribution < 1.29 is 4.79 Å². The molecule has 2 aromatic rings. The molecular weight excluding hydrogens is 316 g/mol. The van der Waals surface area contributed by atoms with Crippen LogP contribution in [0.5, 0.6) is 0 Å². The van der Waals surface area contributed by atoms with E-state index in [-0.39, 0.29) is 11.9 Å². The number of rotatable bonds is 5. The maximum atomic E-state index is 11.4. The normalized spacial score (nSPS) is 15.6. The maximum absolute atomic E-state index is 11.4. The van der Waals surface area contributed by atoms with Gasteiger partial charge in [0.15, 0.2) is 5.82 Å². The molecule has 0 atom stereocenters. The highest BCUT2D eigenvalue weighted by atomic mass is 16.2. The largest absolute Gasteiger partial charge is 0.366 e. The Morgan fingerprint density at radius 3 is 2.76 bits per heavy atom. The number of piperidine rings is 1. The minimum absolute atomic E-state index is 0.168. The number of fused-ring (bicyclic) bond motifs is 1. The molecule has 1 amide bonds. The molecule has 1 fully saturated rings. The molecule has 0 bridgehead atoms. The molecular formula is C18H26N6O. The minimum atomic E-state index is 0.168. The van der Waals surface area contributed by atoms with Crippen molar-refractivity contribution in [2.75, 3.05) is 30.3 Å². The Hall–Kier alpha value is -2.44. The SMILES string of the molecule is CC(=O)N1CCC(CNc2ncc3ccnc(NC(C)C)c3n2)CC1. The average Bonchev–Trinajstić information content (AvgIpc) is 2.60. The fourth-order valence-corrected chi connectivity index (χ4v) is 3.11. The summed E-state index contributed by atoms with van der Waals surface area (Å²) in [6.07, 6.45) is 5.63. The van der Waals surface area contributed by atoms with Gasteiger partial charge in [0.2, 0.25) is 11.9 Å². The lowest BCUT2D eigenvalue weighted by Gasteiger charge is -2.31. The van der Waals surface area contributed by atoms with Gasteiger partial charge < -0.3 is 15.5 Å². The molecule has 1 aliphatic rings. The quantitative estimate of drug-likeness (QED) is 0.869. The predicted octanol–water partition coefficient (Wildman–Crippen LogP) is 2.52. The lowest BCUT2D eigenvalue weighted by atomic mass is 9.97. The van der Waals surface area contributed by atoms with E-state index in [1.807, 2.05) is 17.2 Å². The highest BCUT2D eigenvalue weighted by molar-refractivity contribution is 5.88. The number of nitrogens with one attached hydrogen (secondary N) is 2. The molecule has 0 saturated carbocycles. The highest BCUT2D eigenvalue weighted by Crippen LogP contribution is 2.21. The Balaban J connectivity index is 1.65. The van der Waals surface area contributed by atoms with Crippen LogP contribution in [-0.4, -0.2) is 51.4 Å². The Kier molecular flexibility index (Phi) is 5.31. The molecule has 2 N–H and O–H groups in total. The number of likely N-dealkylation sites (tertiary alicyclic amines) is 1. The van der Waals surface area contributed by atoms with E-state index in [4.69, 9.17) is 0 Å². The number of pyridine rings is 1. The number of anilines is 2. The van der Waals surface area contributed by atoms with Gasteiger partial charge in [0.1, 0.15) is 5.52 Å². The molecule has 0 aromatic carbocycles. The molecule has 1 saturated heterocycles. The maximum Gasteiger partial charge on any atom is 0.223 e. The van der Waals surface area contributed by atoms with Crippen molar-refractivity contribution in [3.8, 4) is 0 Å². The molecule has 1 aliphatic heterocycles. The molecule has 2 aromatic heterocycles. The van der Waals surface area contributed by atoms with E-state index >= 15 is 0 Å². The van der Waals surface area contributed by atoms with E-state index in [0.29, 0.717) is 11.9 Å². The first-order valence-electron chi connectivity index (χ1n) is 8.90. The number of aromatic nitrogens is 3. The van der Waals surface area contributed by atoms with Crippen LogP contribution in [0.2, 0.25) is 0 Å². The molecule has 25 heavy (non-hydrogen) atoms. The van der Waals surface area contributed by atoms with Gasteiger partial charge in [0.05, 0.1) is 0 Å². The van der Waals surface area contributed by atoms with Crippen molar-refractivity contribution in [3.63, 3.8) is 0 Å². The van der Waals surface area contributed by atoms with Crippen molar-refractivity contribution in [1.82, 2.24) is 19.9 Å². The smallest absolute Gasteiger partial charge is 0.223 e. The summed E-state index contributed by atoms with van der Waals surface area (Å²) in [6.45, 7) is 8.30. The van der Waals surface area contributed by atoms with Crippen LogP contribution in [0.4, 0.5) is 11.8 Å². The van der Waals surface area contributed by atoms with E-state index in [1.54, 1.807) is 13.1 Å². The van der Waals surface area contributed by atoms with Crippen LogP contribution in [0, 0.1) is 5.92 Å². The fraction of sp³-hybridized carbons (Fsp3) is 0.556. The summed E-state index contributed by atoms with van der Waals surface area (Å²) in [6, 6.07) is 2.21. The fourth-order valence-electron chi connectivity index (χ4n) is 3.11. The van der Waals surface area contributed by atoms with Crippen LogP contribution < -0.4 is 10.6 Å². The van der Waals surface area contributed by atoms with Crippen molar-refractivity contribution in [2.45, 2.75) is 39.7 Å². The third-order valence-electron chi connectivity index (χ3n) is 4.53. The second-order valence-corrected chi connectivity index (χ2v) is 6.92. The zero-order chi connectivity index (χ0) is 17.8. The Labute approximate surface area is 148 Å². The monoisotopic (exact) mass is 342 g/mol. The van der Waals surface area contributed by atoms with Gasteiger partial charge in [-0.15, -0.1) is 0 Å². The van der Waals surface area contributed by atoms with E-state index < -0.39 is 0 Å². The zero-order valence-electron chi connectivity index (χ0n) is 15.1. The second kappa shape index (κ2) is 7.63. The van der Waals surface area contributed by atoms with Crippen LogP contribution in [0.3, 0.4) is 0 Å². The first kappa shape index (κ1) is 17.4. The van der Waals surface area contributed by atoms with Crippen molar-refractivity contribution in [3.05, 3.63) is 18.5 Å². The predicted molar refractivity (Wildman–Crippen MR) is 99.6 cm³/mol. The van der Waals surface area contributed by atoms with E-state index in [2.05, 4.69) is 39.4 Å². The molecule has 7 nitrogen and oxygen atoms in total. The summed E-state index contributed by atoms with van der Waals surface area (Å²) in [5.74, 6) is 2.12. The van der Waals surface area contributed by atoms with Gasteiger partial charge in [0.25, 0.3) is 0 Å². The van der Waals surface area contributed by atoms with Crippen LogP contribution in [0.25, 0.3) is 10.9 Å². The number of nitrogens with zero attached hydrogens (tertiary/aromatic N) is 4. The minimum Gasteiger partial charge on any atom is -0.366 e. The van der Waals surface area contributed by atoms with Crippen molar-refractivity contribution in [2.24, 2.45) is 5.92 Å². The summed E-state index contributed by atoms with van der Waals surface area (Å²) in [5, 5.41) is 7.65. The number of hydrogen-bond donors (Lipinski definition) is 2. The van der Waals surface area contributed by atoms with Gasteiger partial charge in [-0.2, -0.15) is 0 Å². The summed E-state index contributed by atoms with van der Waals surface area (Å²) in [5.41, 5.74) is 0.833. The number of carbonyl (C=O) groups excluding carboxylic acids is 1. The highest BCUT2D eigenvalue weighted by Gasteiger charge is 2.20. The van der Waals surface area contributed by atoms with Gasteiger partial charge in [-0.25, -0.2) is 15.0 Å². The molecule has 0 radical (unpaired) electrons. The summed E-state index contributed by atoms with van der Waals surface area (Å²) in [7, 11) is 0. The molecule has 134 valence electrons. The molecule has 0 spiro atoms. The van der Waals surface area contributed by atoms with Gasteiger partial charge in [0, 0.05) is 50.4 Å². The van der Waals surface area contributed by atoms with E-state index in [0.717, 1.165) is 49.2 Å². The lowest BCUT2D eigenvalue weighted by Crippen LogP contribution is -2.38. The number of amides is 1. The van der Waals surface area contributed by atoms with Crippen molar-refractivity contribution >= 4 is 28.6 Å². The molecule has 0 aliphatic carbocycles. The van der Waals surface area contributed by atoms with Crippen LogP contribution in [-0.2, 0) is 4.79 Å². The third kappa shape index (κ3) is 4.35. The first-order chi connectivity index (χ1) is 12.0. The second-order valence-electron chi connectivity index (χ2n) is 6.92. The van der Waals surface area contributed by atoms with Crippen LogP contribution in [0.15, 0.2) is 18.5 Å². The topological polar surface area (TPSA) is 83.0 Å². The average molecular weight is 342 g/mol. The molecule has 3 rings (SSSR count).